The van der Waals surface area contributed by atoms with Crippen LogP contribution in [-0.2, 0) is 4.79 Å². The third-order valence-electron chi connectivity index (χ3n) is 3.70. The number of rotatable bonds is 2. The van der Waals surface area contributed by atoms with Gasteiger partial charge in [-0.2, -0.15) is 9.97 Å². The Morgan fingerprint density at radius 1 is 1.35 bits per heavy atom. The summed E-state index contributed by atoms with van der Waals surface area (Å²) >= 11 is 0. The third-order valence-corrected chi connectivity index (χ3v) is 3.70. The first-order valence-corrected chi connectivity index (χ1v) is 6.78. The smallest absolute Gasteiger partial charge is 0.224 e. The molecule has 7 nitrogen and oxygen atoms in total. The number of hydrogen-bond donors (Lipinski definition) is 1. The van der Waals surface area contributed by atoms with Crippen molar-refractivity contribution >= 4 is 28.7 Å². The Morgan fingerprint density at radius 3 is 2.85 bits per heavy atom. The van der Waals surface area contributed by atoms with Crippen LogP contribution in [0.2, 0.25) is 0 Å². The number of carbonyl (C=O) groups excluding carboxylic acids is 1. The van der Waals surface area contributed by atoms with Gasteiger partial charge in [0, 0.05) is 20.5 Å². The summed E-state index contributed by atoms with van der Waals surface area (Å²) < 4.78 is 1.85. The number of nitrogens with zero attached hydrogens (tertiary/aromatic N) is 5. The number of fused-ring (bicyclic) bond motifs is 1. The molecular weight excluding hydrogens is 256 g/mol. The zero-order chi connectivity index (χ0) is 14.3. The molecule has 7 heteroatoms. The van der Waals surface area contributed by atoms with Crippen LogP contribution in [0.1, 0.15) is 31.7 Å². The fraction of sp³-hybridized carbons (Fsp3) is 0.538. The molecular formula is C13H18N6O. The monoisotopic (exact) mass is 274 g/mol. The Balaban J connectivity index is 2.15. The summed E-state index contributed by atoms with van der Waals surface area (Å²) in [5.74, 6) is 1.12. The van der Waals surface area contributed by atoms with Crippen LogP contribution in [0.3, 0.4) is 0 Å². The number of ketones is 1. The van der Waals surface area contributed by atoms with E-state index in [1.165, 1.54) is 0 Å². The Morgan fingerprint density at radius 2 is 2.15 bits per heavy atom. The molecule has 0 aliphatic heterocycles. The topological polar surface area (TPSA) is 89.9 Å². The highest BCUT2D eigenvalue weighted by Crippen LogP contribution is 2.30. The molecule has 1 aliphatic rings. The van der Waals surface area contributed by atoms with E-state index in [2.05, 4.69) is 15.0 Å². The normalized spacial score (nSPS) is 19.5. The van der Waals surface area contributed by atoms with E-state index in [1.54, 1.807) is 6.33 Å². The van der Waals surface area contributed by atoms with Crippen molar-refractivity contribution < 1.29 is 4.79 Å². The van der Waals surface area contributed by atoms with Gasteiger partial charge in [-0.25, -0.2) is 4.98 Å². The molecule has 1 aliphatic carbocycles. The molecule has 1 fully saturated rings. The quantitative estimate of drug-likeness (QED) is 0.883. The van der Waals surface area contributed by atoms with E-state index in [4.69, 9.17) is 5.73 Å². The molecule has 2 aromatic heterocycles. The number of nitrogens with two attached hydrogens (primary N) is 1. The number of imidazole rings is 1. The van der Waals surface area contributed by atoms with Crippen molar-refractivity contribution in [1.29, 1.82) is 0 Å². The van der Waals surface area contributed by atoms with Gasteiger partial charge in [-0.3, -0.25) is 4.79 Å². The van der Waals surface area contributed by atoms with Crippen LogP contribution < -0.4 is 10.6 Å². The van der Waals surface area contributed by atoms with Gasteiger partial charge in [0.25, 0.3) is 0 Å². The van der Waals surface area contributed by atoms with Crippen molar-refractivity contribution in [1.82, 2.24) is 19.5 Å². The molecule has 3 rings (SSSR count). The molecule has 1 unspecified atom stereocenters. The fourth-order valence-electron chi connectivity index (χ4n) is 2.72. The summed E-state index contributed by atoms with van der Waals surface area (Å²) in [4.78, 5) is 26.8. The molecule has 0 aromatic carbocycles. The zero-order valence-electron chi connectivity index (χ0n) is 11.7. The molecule has 1 saturated carbocycles. The molecule has 0 saturated heterocycles. The zero-order valence-corrected chi connectivity index (χ0v) is 11.7. The summed E-state index contributed by atoms with van der Waals surface area (Å²) in [5.41, 5.74) is 7.10. The van der Waals surface area contributed by atoms with E-state index in [9.17, 15) is 4.79 Å². The van der Waals surface area contributed by atoms with Gasteiger partial charge in [-0.1, -0.05) is 6.42 Å². The van der Waals surface area contributed by atoms with E-state index in [1.807, 2.05) is 23.6 Å². The minimum Gasteiger partial charge on any atom is -0.368 e. The van der Waals surface area contributed by atoms with Crippen LogP contribution in [0.5, 0.6) is 0 Å². The van der Waals surface area contributed by atoms with Gasteiger partial charge >= 0.3 is 0 Å². The lowest BCUT2D eigenvalue weighted by atomic mass is 9.94. The van der Waals surface area contributed by atoms with Crippen LogP contribution in [0.25, 0.3) is 11.2 Å². The Labute approximate surface area is 116 Å². The lowest BCUT2D eigenvalue weighted by Crippen LogP contribution is -2.23. The van der Waals surface area contributed by atoms with Gasteiger partial charge in [-0.05, 0) is 12.8 Å². The van der Waals surface area contributed by atoms with Crippen LogP contribution in [0.4, 0.5) is 11.8 Å². The second-order valence-electron chi connectivity index (χ2n) is 5.35. The van der Waals surface area contributed by atoms with Crippen molar-refractivity contribution in [2.45, 2.75) is 31.7 Å². The van der Waals surface area contributed by atoms with E-state index >= 15 is 0 Å². The highest BCUT2D eigenvalue weighted by Gasteiger charge is 2.26. The molecule has 1 atom stereocenters. The first-order valence-electron chi connectivity index (χ1n) is 6.78. The lowest BCUT2D eigenvalue weighted by Gasteiger charge is -2.22. The number of Topliss-reactive ketones (excluding diaryl/α,β-unsaturated/α-hetero) is 1. The molecule has 0 bridgehead atoms. The van der Waals surface area contributed by atoms with Gasteiger partial charge < -0.3 is 15.2 Å². The van der Waals surface area contributed by atoms with Gasteiger partial charge in [0.05, 0.1) is 12.4 Å². The third kappa shape index (κ3) is 1.99. The number of hydrogen-bond acceptors (Lipinski definition) is 6. The van der Waals surface area contributed by atoms with Crippen LogP contribution in [-0.4, -0.2) is 39.4 Å². The maximum absolute atomic E-state index is 12.1. The van der Waals surface area contributed by atoms with Gasteiger partial charge in [-0.15, -0.1) is 0 Å². The Bertz CT molecular complexity index is 662. The van der Waals surface area contributed by atoms with Crippen molar-refractivity contribution in [3.63, 3.8) is 0 Å². The van der Waals surface area contributed by atoms with E-state index in [-0.39, 0.29) is 17.8 Å². The van der Waals surface area contributed by atoms with Gasteiger partial charge in [0.1, 0.15) is 0 Å². The average molecular weight is 274 g/mol. The summed E-state index contributed by atoms with van der Waals surface area (Å²) in [6, 6.07) is -0.168. The summed E-state index contributed by atoms with van der Waals surface area (Å²) in [7, 11) is 3.76. The number of carbonyl (C=O) groups is 1. The number of anilines is 2. The molecule has 2 N–H and O–H groups in total. The first kappa shape index (κ1) is 12.8. The molecule has 2 aromatic rings. The average Bonchev–Trinajstić information content (AvgIpc) is 2.81. The first-order chi connectivity index (χ1) is 9.58. The number of nitrogen functional groups attached to an aromatic ring is 1. The SMILES string of the molecule is CN(C)c1nc(N)nc2c1ncn2C1CCCCC1=O. The second-order valence-corrected chi connectivity index (χ2v) is 5.35. The van der Waals surface area contributed by atoms with Crippen molar-refractivity contribution in [3.05, 3.63) is 6.33 Å². The maximum Gasteiger partial charge on any atom is 0.224 e. The summed E-state index contributed by atoms with van der Waals surface area (Å²) in [6.45, 7) is 0. The van der Waals surface area contributed by atoms with E-state index < -0.39 is 0 Å². The molecule has 0 radical (unpaired) electrons. The lowest BCUT2D eigenvalue weighted by molar-refractivity contribution is -0.123. The minimum atomic E-state index is -0.168. The molecule has 0 amide bonds. The minimum absolute atomic E-state index is 0.168. The highest BCUT2D eigenvalue weighted by atomic mass is 16.1. The predicted molar refractivity (Wildman–Crippen MR) is 76.6 cm³/mol. The molecule has 0 spiro atoms. The summed E-state index contributed by atoms with van der Waals surface area (Å²) in [5, 5.41) is 0. The standard InChI is InChI=1S/C13H18N6O/c1-18(2)11-10-12(17-13(14)16-11)19(7-15-10)8-5-3-4-6-9(8)20/h7-8H,3-6H2,1-2H3,(H2,14,16,17). The maximum atomic E-state index is 12.1. The summed E-state index contributed by atoms with van der Waals surface area (Å²) in [6.07, 6.45) is 5.18. The molecule has 2 heterocycles. The predicted octanol–water partition coefficient (Wildman–Crippen LogP) is 1.16. The largest absolute Gasteiger partial charge is 0.368 e. The van der Waals surface area contributed by atoms with Crippen molar-refractivity contribution in [2.75, 3.05) is 24.7 Å². The fourth-order valence-corrected chi connectivity index (χ4v) is 2.72. The van der Waals surface area contributed by atoms with Crippen LogP contribution in [0.15, 0.2) is 6.33 Å². The van der Waals surface area contributed by atoms with Crippen LogP contribution >= 0.6 is 0 Å². The van der Waals surface area contributed by atoms with Crippen LogP contribution in [0, 0.1) is 0 Å². The number of aromatic nitrogens is 4. The second kappa shape index (κ2) is 4.73. The molecule has 106 valence electrons. The van der Waals surface area contributed by atoms with Gasteiger partial charge in [0.2, 0.25) is 5.95 Å². The Hall–Kier alpha value is -2.18. The van der Waals surface area contributed by atoms with E-state index in [0.29, 0.717) is 23.4 Å². The molecule has 20 heavy (non-hydrogen) atoms. The highest BCUT2D eigenvalue weighted by molar-refractivity contribution is 5.88. The Kier molecular flexibility index (Phi) is 3.04. The van der Waals surface area contributed by atoms with Crippen molar-refractivity contribution in [3.8, 4) is 0 Å². The van der Waals surface area contributed by atoms with E-state index in [0.717, 1.165) is 19.3 Å². The van der Waals surface area contributed by atoms with Crippen molar-refractivity contribution in [2.24, 2.45) is 0 Å². The van der Waals surface area contributed by atoms with Gasteiger partial charge in [0.15, 0.2) is 22.8 Å².